The zero-order valence-corrected chi connectivity index (χ0v) is 16.8. The highest BCUT2D eigenvalue weighted by Gasteiger charge is 2.31. The number of Topliss-reactive ketones (excluding diaryl/α,β-unsaturated/α-hetero) is 2. The largest absolute Gasteiger partial charge is 0.486 e. The van der Waals surface area contributed by atoms with E-state index < -0.39 is 0 Å². The summed E-state index contributed by atoms with van der Waals surface area (Å²) >= 11 is 12.5. The normalized spacial score (nSPS) is 14.8. The molecular formula is C24H16Cl2O3. The molecule has 0 atom stereocenters. The molecule has 1 heterocycles. The van der Waals surface area contributed by atoms with Gasteiger partial charge >= 0.3 is 0 Å². The molecule has 0 saturated heterocycles. The molecule has 3 aromatic rings. The van der Waals surface area contributed by atoms with Crippen LogP contribution in [0.4, 0.5) is 0 Å². The number of fused-ring (bicyclic) bond motifs is 1. The van der Waals surface area contributed by atoms with Crippen molar-refractivity contribution in [3.63, 3.8) is 0 Å². The minimum atomic E-state index is -0.265. The maximum Gasteiger partial charge on any atom is 0.198 e. The van der Waals surface area contributed by atoms with E-state index in [1.54, 1.807) is 24.3 Å². The molecule has 0 fully saturated rings. The molecule has 0 spiro atoms. The molecule has 0 aromatic heterocycles. The Morgan fingerprint density at radius 1 is 0.828 bits per heavy atom. The van der Waals surface area contributed by atoms with E-state index in [2.05, 4.69) is 0 Å². The smallest absolute Gasteiger partial charge is 0.198 e. The SMILES string of the molecule is O=C(C/C(=C1/COc2c(Cl)ccc(Cl)c2C1=O)c1ccccc1)c1ccccc1. The van der Waals surface area contributed by atoms with Crippen molar-refractivity contribution in [2.75, 3.05) is 6.61 Å². The monoisotopic (exact) mass is 422 g/mol. The summed E-state index contributed by atoms with van der Waals surface area (Å²) in [6, 6.07) is 21.6. The van der Waals surface area contributed by atoms with E-state index in [9.17, 15) is 9.59 Å². The fourth-order valence-electron chi connectivity index (χ4n) is 3.38. The third-order valence-corrected chi connectivity index (χ3v) is 5.45. The van der Waals surface area contributed by atoms with Crippen molar-refractivity contribution in [3.8, 4) is 5.75 Å². The van der Waals surface area contributed by atoms with Crippen LogP contribution < -0.4 is 4.74 Å². The molecule has 0 aliphatic carbocycles. The maximum atomic E-state index is 13.3. The van der Waals surface area contributed by atoms with E-state index in [0.29, 0.717) is 21.7 Å². The van der Waals surface area contributed by atoms with Crippen LogP contribution in [0.15, 0.2) is 78.4 Å². The highest BCUT2D eigenvalue weighted by atomic mass is 35.5. The van der Waals surface area contributed by atoms with Crippen LogP contribution in [0.25, 0.3) is 5.57 Å². The van der Waals surface area contributed by atoms with Crippen molar-refractivity contribution >= 4 is 40.3 Å². The van der Waals surface area contributed by atoms with Crippen molar-refractivity contribution in [1.29, 1.82) is 0 Å². The third kappa shape index (κ3) is 3.84. The molecule has 3 nitrogen and oxygen atoms in total. The Morgan fingerprint density at radius 3 is 2.07 bits per heavy atom. The molecule has 0 unspecified atom stereocenters. The third-order valence-electron chi connectivity index (χ3n) is 4.84. The highest BCUT2D eigenvalue weighted by Crippen LogP contribution is 2.40. The molecule has 0 radical (unpaired) electrons. The first-order chi connectivity index (χ1) is 14.1. The van der Waals surface area contributed by atoms with E-state index >= 15 is 0 Å². The van der Waals surface area contributed by atoms with Gasteiger partial charge in [-0.1, -0.05) is 83.9 Å². The number of rotatable bonds is 4. The van der Waals surface area contributed by atoms with Crippen LogP contribution >= 0.6 is 23.2 Å². The van der Waals surface area contributed by atoms with E-state index in [1.807, 2.05) is 48.5 Å². The maximum absolute atomic E-state index is 13.3. The van der Waals surface area contributed by atoms with Crippen LogP contribution in [0.3, 0.4) is 0 Å². The van der Waals surface area contributed by atoms with Crippen LogP contribution in [0.1, 0.15) is 32.7 Å². The van der Waals surface area contributed by atoms with Gasteiger partial charge < -0.3 is 4.74 Å². The van der Waals surface area contributed by atoms with Crippen molar-refractivity contribution in [2.45, 2.75) is 6.42 Å². The summed E-state index contributed by atoms with van der Waals surface area (Å²) in [6.45, 7) is 0.0260. The lowest BCUT2D eigenvalue weighted by molar-refractivity contribution is 0.0997. The Labute approximate surface area is 178 Å². The Bertz CT molecular complexity index is 1120. The van der Waals surface area contributed by atoms with Crippen LogP contribution in [-0.4, -0.2) is 18.2 Å². The Hall–Kier alpha value is -2.88. The average Bonchev–Trinajstić information content (AvgIpc) is 2.76. The zero-order valence-electron chi connectivity index (χ0n) is 15.3. The van der Waals surface area contributed by atoms with Crippen molar-refractivity contribution in [3.05, 3.63) is 105 Å². The van der Waals surface area contributed by atoms with Crippen molar-refractivity contribution < 1.29 is 14.3 Å². The molecule has 4 rings (SSSR count). The summed E-state index contributed by atoms with van der Waals surface area (Å²) in [4.78, 5) is 26.2. The van der Waals surface area contributed by atoms with Gasteiger partial charge in [-0.3, -0.25) is 9.59 Å². The number of halogens is 2. The van der Waals surface area contributed by atoms with Gasteiger partial charge in [0, 0.05) is 17.6 Å². The number of allylic oxidation sites excluding steroid dienone is 1. The average molecular weight is 423 g/mol. The van der Waals surface area contributed by atoms with Gasteiger partial charge in [0.05, 0.1) is 15.6 Å². The zero-order chi connectivity index (χ0) is 20.4. The number of ether oxygens (including phenoxy) is 1. The molecule has 0 N–H and O–H groups in total. The molecule has 5 heteroatoms. The molecule has 0 bridgehead atoms. The minimum Gasteiger partial charge on any atom is -0.486 e. The fourth-order valence-corrected chi connectivity index (χ4v) is 3.83. The summed E-state index contributed by atoms with van der Waals surface area (Å²) < 4.78 is 5.80. The number of benzene rings is 3. The molecule has 0 amide bonds. The van der Waals surface area contributed by atoms with E-state index in [1.165, 1.54) is 0 Å². The second-order valence-electron chi connectivity index (χ2n) is 6.64. The molecule has 0 saturated carbocycles. The first kappa shape index (κ1) is 19.4. The van der Waals surface area contributed by atoms with Crippen LogP contribution in [0.5, 0.6) is 5.75 Å². The minimum absolute atomic E-state index is 0.0260. The lowest BCUT2D eigenvalue weighted by Gasteiger charge is -2.23. The lowest BCUT2D eigenvalue weighted by atomic mass is 9.88. The van der Waals surface area contributed by atoms with Gasteiger partial charge in [-0.25, -0.2) is 0 Å². The Balaban J connectivity index is 1.83. The summed E-state index contributed by atoms with van der Waals surface area (Å²) in [5, 5.41) is 0.604. The summed E-state index contributed by atoms with van der Waals surface area (Å²) in [7, 11) is 0. The molecule has 1 aliphatic heterocycles. The lowest BCUT2D eigenvalue weighted by Crippen LogP contribution is -2.22. The van der Waals surface area contributed by atoms with Crippen molar-refractivity contribution in [1.82, 2.24) is 0 Å². The van der Waals surface area contributed by atoms with Gasteiger partial charge in [0.25, 0.3) is 0 Å². The molecule has 3 aromatic carbocycles. The van der Waals surface area contributed by atoms with Gasteiger partial charge in [-0.15, -0.1) is 0 Å². The number of carbonyl (C=O) groups excluding carboxylic acids is 2. The Morgan fingerprint density at radius 2 is 1.41 bits per heavy atom. The Kier molecular flexibility index (Phi) is 5.52. The number of ketones is 2. The van der Waals surface area contributed by atoms with E-state index in [4.69, 9.17) is 27.9 Å². The van der Waals surface area contributed by atoms with E-state index in [-0.39, 0.29) is 40.9 Å². The molecular weight excluding hydrogens is 407 g/mol. The predicted molar refractivity (Wildman–Crippen MR) is 115 cm³/mol. The standard InChI is InChI=1S/C24H16Cl2O3/c25-19-11-12-20(26)24-22(19)23(28)18(14-29-24)17(15-7-3-1-4-8-15)13-21(27)16-9-5-2-6-10-16/h1-12H,13-14H2/b18-17+. The number of hydrogen-bond acceptors (Lipinski definition) is 3. The van der Waals surface area contributed by atoms with Gasteiger partial charge in [0.1, 0.15) is 6.61 Å². The summed E-state index contributed by atoms with van der Waals surface area (Å²) in [5.41, 5.74) is 2.67. The fraction of sp³-hybridized carbons (Fsp3) is 0.0833. The van der Waals surface area contributed by atoms with Crippen LogP contribution in [0.2, 0.25) is 10.0 Å². The van der Waals surface area contributed by atoms with Crippen LogP contribution in [-0.2, 0) is 0 Å². The molecule has 29 heavy (non-hydrogen) atoms. The van der Waals surface area contributed by atoms with Crippen LogP contribution in [0, 0.1) is 0 Å². The number of carbonyl (C=O) groups is 2. The topological polar surface area (TPSA) is 43.4 Å². The highest BCUT2D eigenvalue weighted by molar-refractivity contribution is 6.39. The number of hydrogen-bond donors (Lipinski definition) is 0. The second-order valence-corrected chi connectivity index (χ2v) is 7.45. The van der Waals surface area contributed by atoms with Gasteiger partial charge in [0.2, 0.25) is 0 Å². The quantitative estimate of drug-likeness (QED) is 0.366. The summed E-state index contributed by atoms with van der Waals surface area (Å²) in [5.74, 6) is -0.0547. The van der Waals surface area contributed by atoms with E-state index in [0.717, 1.165) is 5.56 Å². The van der Waals surface area contributed by atoms with Gasteiger partial charge in [0.15, 0.2) is 17.3 Å². The molecule has 144 valence electrons. The summed E-state index contributed by atoms with van der Waals surface area (Å²) in [6.07, 6.45) is 0.0754. The first-order valence-corrected chi connectivity index (χ1v) is 9.83. The second kappa shape index (κ2) is 8.24. The first-order valence-electron chi connectivity index (χ1n) is 9.07. The van der Waals surface area contributed by atoms with Gasteiger partial charge in [-0.2, -0.15) is 0 Å². The predicted octanol–water partition coefficient (Wildman–Crippen LogP) is 6.30. The van der Waals surface area contributed by atoms with Gasteiger partial charge in [-0.05, 0) is 23.3 Å². The molecule has 1 aliphatic rings. The van der Waals surface area contributed by atoms with Crippen molar-refractivity contribution in [2.24, 2.45) is 0 Å².